The van der Waals surface area contributed by atoms with Crippen molar-refractivity contribution < 1.29 is 4.92 Å². The second-order valence-electron chi connectivity index (χ2n) is 6.67. The number of rotatable bonds is 5. The van der Waals surface area contributed by atoms with Crippen molar-refractivity contribution in [3.05, 3.63) is 86.0 Å². The van der Waals surface area contributed by atoms with Crippen molar-refractivity contribution >= 4 is 40.0 Å². The number of para-hydroxylation sites is 1. The second-order valence-corrected chi connectivity index (χ2v) is 7.07. The molecule has 4 rings (SSSR count). The molecule has 4 aromatic rings. The molecule has 31 heavy (non-hydrogen) atoms. The molecule has 2 heterocycles. The van der Waals surface area contributed by atoms with E-state index < -0.39 is 11.0 Å². The Hall–Kier alpha value is -4.05. The lowest BCUT2D eigenvalue weighted by atomic mass is 10.2. The Bertz CT molecular complexity index is 1360. The van der Waals surface area contributed by atoms with Crippen LogP contribution in [0.3, 0.4) is 0 Å². The maximum atomic E-state index is 13.4. The number of nitrogens with zero attached hydrogens (tertiary/aromatic N) is 5. The third kappa shape index (κ3) is 3.76. The molecule has 0 bridgehead atoms. The summed E-state index contributed by atoms with van der Waals surface area (Å²) in [6, 6.07) is 13.2. The van der Waals surface area contributed by atoms with E-state index in [9.17, 15) is 14.9 Å². The molecule has 156 valence electrons. The number of aromatic nitrogens is 4. The highest BCUT2D eigenvalue weighted by molar-refractivity contribution is 6.35. The summed E-state index contributed by atoms with van der Waals surface area (Å²) in [7, 11) is 0. The molecule has 0 saturated carbocycles. The summed E-state index contributed by atoms with van der Waals surface area (Å²) in [5, 5.41) is 14.9. The first-order chi connectivity index (χ1) is 14.9. The standard InChI is InChI=1S/C20H16ClN7O3/c1-11(24-17-15(28(30)31)10-23-20(22)26-17)18-25-14-9-5-8-13(21)16(14)19(29)27(18)12-6-3-2-4-7-12/h2-11H,1H3,(H3,22,23,24,26)/t11-/m0/s1. The van der Waals surface area contributed by atoms with Gasteiger partial charge in [-0.05, 0) is 31.2 Å². The molecule has 0 radical (unpaired) electrons. The van der Waals surface area contributed by atoms with Crippen molar-refractivity contribution in [2.75, 3.05) is 11.1 Å². The van der Waals surface area contributed by atoms with Crippen LogP contribution >= 0.6 is 11.6 Å². The Morgan fingerprint density at radius 3 is 2.61 bits per heavy atom. The summed E-state index contributed by atoms with van der Waals surface area (Å²) in [5.74, 6) is 0.113. The highest BCUT2D eigenvalue weighted by atomic mass is 35.5. The molecule has 2 aromatic heterocycles. The molecule has 0 aliphatic carbocycles. The number of benzene rings is 2. The van der Waals surface area contributed by atoms with Crippen LogP contribution in [0.15, 0.2) is 59.5 Å². The fourth-order valence-electron chi connectivity index (χ4n) is 3.22. The van der Waals surface area contributed by atoms with E-state index >= 15 is 0 Å². The van der Waals surface area contributed by atoms with Gasteiger partial charge in [0.25, 0.3) is 5.56 Å². The van der Waals surface area contributed by atoms with Crippen molar-refractivity contribution in [2.24, 2.45) is 0 Å². The molecule has 11 heteroatoms. The number of nitro groups is 1. The zero-order valence-electron chi connectivity index (χ0n) is 16.2. The predicted molar refractivity (Wildman–Crippen MR) is 117 cm³/mol. The number of hydrogen-bond donors (Lipinski definition) is 2. The van der Waals surface area contributed by atoms with Crippen LogP contribution in [0.4, 0.5) is 17.5 Å². The lowest BCUT2D eigenvalue weighted by Crippen LogP contribution is -2.27. The van der Waals surface area contributed by atoms with E-state index in [1.807, 2.05) is 6.07 Å². The van der Waals surface area contributed by atoms with E-state index in [0.29, 0.717) is 17.0 Å². The number of nitrogens with two attached hydrogens (primary N) is 1. The molecule has 0 aliphatic heterocycles. The molecule has 3 N–H and O–H groups in total. The van der Waals surface area contributed by atoms with Gasteiger partial charge in [0, 0.05) is 0 Å². The van der Waals surface area contributed by atoms with E-state index in [2.05, 4.69) is 20.3 Å². The average Bonchev–Trinajstić information content (AvgIpc) is 2.74. The minimum absolute atomic E-state index is 0.0787. The topological polar surface area (TPSA) is 142 Å². The van der Waals surface area contributed by atoms with Gasteiger partial charge in [0.15, 0.2) is 0 Å². The number of nitrogens with one attached hydrogen (secondary N) is 1. The van der Waals surface area contributed by atoms with Crippen LogP contribution in [0.5, 0.6) is 0 Å². The third-order valence-electron chi connectivity index (χ3n) is 4.61. The van der Waals surface area contributed by atoms with Crippen molar-refractivity contribution in [3.63, 3.8) is 0 Å². The molecule has 0 spiro atoms. The highest BCUT2D eigenvalue weighted by Crippen LogP contribution is 2.27. The molecule has 0 aliphatic rings. The summed E-state index contributed by atoms with van der Waals surface area (Å²) >= 11 is 6.28. The van der Waals surface area contributed by atoms with Crippen LogP contribution in [0, 0.1) is 10.1 Å². The van der Waals surface area contributed by atoms with Crippen LogP contribution < -0.4 is 16.6 Å². The Kier molecular flexibility index (Phi) is 5.22. The van der Waals surface area contributed by atoms with Crippen molar-refractivity contribution in [3.8, 4) is 5.69 Å². The Labute approximate surface area is 180 Å². The van der Waals surface area contributed by atoms with Crippen molar-refractivity contribution in [2.45, 2.75) is 13.0 Å². The summed E-state index contributed by atoms with van der Waals surface area (Å²) < 4.78 is 1.42. The minimum atomic E-state index is -0.663. The fourth-order valence-corrected chi connectivity index (χ4v) is 3.47. The molecular formula is C20H16ClN7O3. The minimum Gasteiger partial charge on any atom is -0.368 e. The quantitative estimate of drug-likeness (QED) is 0.357. The first kappa shape index (κ1) is 20.2. The van der Waals surface area contributed by atoms with E-state index in [1.54, 1.807) is 49.4 Å². The molecule has 2 aromatic carbocycles. The molecule has 1 atom stereocenters. The number of nitrogen functional groups attached to an aromatic ring is 1. The molecule has 0 saturated heterocycles. The van der Waals surface area contributed by atoms with Gasteiger partial charge in [0.05, 0.1) is 32.6 Å². The van der Waals surface area contributed by atoms with Gasteiger partial charge in [-0.2, -0.15) is 4.98 Å². The molecule has 0 unspecified atom stereocenters. The summed E-state index contributed by atoms with van der Waals surface area (Å²) in [6.45, 7) is 1.71. The Morgan fingerprint density at radius 1 is 1.16 bits per heavy atom. The second kappa shape index (κ2) is 8.00. The smallest absolute Gasteiger partial charge is 0.329 e. The van der Waals surface area contributed by atoms with Gasteiger partial charge in [-0.3, -0.25) is 19.5 Å². The average molecular weight is 438 g/mol. The van der Waals surface area contributed by atoms with Gasteiger partial charge < -0.3 is 11.1 Å². The van der Waals surface area contributed by atoms with Crippen LogP contribution in [0.1, 0.15) is 18.8 Å². The van der Waals surface area contributed by atoms with Gasteiger partial charge in [-0.1, -0.05) is 35.9 Å². The number of halogens is 1. The zero-order chi connectivity index (χ0) is 22.1. The van der Waals surface area contributed by atoms with Crippen molar-refractivity contribution in [1.29, 1.82) is 0 Å². The van der Waals surface area contributed by atoms with Gasteiger partial charge in [-0.15, -0.1) is 0 Å². The van der Waals surface area contributed by atoms with Crippen LogP contribution in [-0.4, -0.2) is 24.4 Å². The maximum Gasteiger partial charge on any atom is 0.329 e. The first-order valence-corrected chi connectivity index (χ1v) is 9.54. The SMILES string of the molecule is C[C@H](Nc1nc(N)ncc1[N+](=O)[O-])c1nc2cccc(Cl)c2c(=O)n1-c1ccccc1. The van der Waals surface area contributed by atoms with Crippen LogP contribution in [-0.2, 0) is 0 Å². The number of anilines is 2. The van der Waals surface area contributed by atoms with E-state index in [4.69, 9.17) is 17.3 Å². The lowest BCUT2D eigenvalue weighted by Gasteiger charge is -2.20. The fraction of sp³-hybridized carbons (Fsp3) is 0.100. The summed E-state index contributed by atoms with van der Waals surface area (Å²) in [4.78, 5) is 36.4. The van der Waals surface area contributed by atoms with Crippen molar-refractivity contribution in [1.82, 2.24) is 19.5 Å². The van der Waals surface area contributed by atoms with Gasteiger partial charge >= 0.3 is 5.69 Å². The first-order valence-electron chi connectivity index (χ1n) is 9.17. The molecule has 0 fully saturated rings. The zero-order valence-corrected chi connectivity index (χ0v) is 16.9. The van der Waals surface area contributed by atoms with Crippen LogP contribution in [0.25, 0.3) is 16.6 Å². The summed E-state index contributed by atoms with van der Waals surface area (Å²) in [6.07, 6.45) is 1.02. The Balaban J connectivity index is 1.92. The highest BCUT2D eigenvalue weighted by Gasteiger charge is 2.23. The monoisotopic (exact) mass is 437 g/mol. The maximum absolute atomic E-state index is 13.4. The normalized spacial score (nSPS) is 11.9. The molecule has 0 amide bonds. The lowest BCUT2D eigenvalue weighted by molar-refractivity contribution is -0.384. The van der Waals surface area contributed by atoms with Gasteiger partial charge in [-0.25, -0.2) is 9.97 Å². The summed E-state index contributed by atoms with van der Waals surface area (Å²) in [5.41, 5.74) is 5.88. The number of hydrogen-bond acceptors (Lipinski definition) is 8. The predicted octanol–water partition coefficient (Wildman–Crippen LogP) is 3.49. The van der Waals surface area contributed by atoms with Gasteiger partial charge in [0.2, 0.25) is 11.8 Å². The van der Waals surface area contributed by atoms with E-state index in [1.165, 1.54) is 4.57 Å². The largest absolute Gasteiger partial charge is 0.368 e. The number of fused-ring (bicyclic) bond motifs is 1. The third-order valence-corrected chi connectivity index (χ3v) is 4.93. The van der Waals surface area contributed by atoms with E-state index in [0.717, 1.165) is 6.20 Å². The van der Waals surface area contributed by atoms with Crippen LogP contribution in [0.2, 0.25) is 5.02 Å². The van der Waals surface area contributed by atoms with E-state index in [-0.39, 0.29) is 33.4 Å². The van der Waals surface area contributed by atoms with Gasteiger partial charge in [0.1, 0.15) is 12.0 Å². The Morgan fingerprint density at radius 2 is 1.90 bits per heavy atom. The molecular weight excluding hydrogens is 422 g/mol. The molecule has 10 nitrogen and oxygen atoms in total.